The van der Waals surface area contributed by atoms with Gasteiger partial charge in [0.05, 0.1) is 11.1 Å². The summed E-state index contributed by atoms with van der Waals surface area (Å²) in [6.07, 6.45) is 0.672. The number of nitrogens with one attached hydrogen (secondary N) is 1. The van der Waals surface area contributed by atoms with Crippen LogP contribution in [0.15, 0.2) is 18.2 Å². The zero-order valence-electron chi connectivity index (χ0n) is 11.6. The minimum atomic E-state index is 0.316. The molecule has 0 unspecified atom stereocenters. The van der Waals surface area contributed by atoms with Crippen LogP contribution in [0.3, 0.4) is 0 Å². The van der Waals surface area contributed by atoms with E-state index in [9.17, 15) is 0 Å². The lowest BCUT2D eigenvalue weighted by atomic mass is 10.1. The summed E-state index contributed by atoms with van der Waals surface area (Å²) in [4.78, 5) is 8.56. The number of aryl methyl sites for hydroxylation is 1. The molecule has 0 atom stereocenters. The number of hydrogen-bond donors (Lipinski definition) is 1. The summed E-state index contributed by atoms with van der Waals surface area (Å²) in [5.74, 6) is 1.24. The van der Waals surface area contributed by atoms with Crippen LogP contribution in [0.25, 0.3) is 0 Å². The van der Waals surface area contributed by atoms with E-state index in [1.165, 1.54) is 0 Å². The molecule has 0 aliphatic rings. The summed E-state index contributed by atoms with van der Waals surface area (Å²) >= 11 is 6.08. The van der Waals surface area contributed by atoms with Crippen molar-refractivity contribution >= 4 is 23.1 Å². The van der Waals surface area contributed by atoms with Gasteiger partial charge in [-0.2, -0.15) is 10.5 Å². The van der Waals surface area contributed by atoms with E-state index < -0.39 is 0 Å². The van der Waals surface area contributed by atoms with Gasteiger partial charge in [-0.1, -0.05) is 18.5 Å². The van der Waals surface area contributed by atoms with E-state index in [-0.39, 0.29) is 0 Å². The number of benzene rings is 1. The molecule has 1 heterocycles. The van der Waals surface area contributed by atoms with Crippen molar-refractivity contribution in [2.45, 2.75) is 20.3 Å². The Hall–Kier alpha value is -2.63. The molecule has 1 N–H and O–H groups in total. The lowest BCUT2D eigenvalue weighted by Crippen LogP contribution is -2.03. The Morgan fingerprint density at radius 3 is 2.52 bits per heavy atom. The molecule has 6 heteroatoms. The van der Waals surface area contributed by atoms with Crippen molar-refractivity contribution in [1.82, 2.24) is 9.97 Å². The van der Waals surface area contributed by atoms with E-state index in [2.05, 4.69) is 15.3 Å². The Morgan fingerprint density at radius 1 is 1.19 bits per heavy atom. The normalized spacial score (nSPS) is 9.76. The van der Waals surface area contributed by atoms with Gasteiger partial charge in [-0.3, -0.25) is 0 Å². The van der Waals surface area contributed by atoms with Crippen LogP contribution in [0, 0.1) is 29.6 Å². The van der Waals surface area contributed by atoms with Crippen LogP contribution in [0.1, 0.15) is 29.4 Å². The largest absolute Gasteiger partial charge is 0.340 e. The first kappa shape index (κ1) is 14.8. The molecule has 0 saturated heterocycles. The molecule has 104 valence electrons. The van der Waals surface area contributed by atoms with E-state index in [1.807, 2.05) is 26.0 Å². The van der Waals surface area contributed by atoms with E-state index in [4.69, 9.17) is 22.1 Å². The summed E-state index contributed by atoms with van der Waals surface area (Å²) in [7, 11) is 0. The molecule has 0 radical (unpaired) electrons. The first-order valence-electron chi connectivity index (χ1n) is 6.33. The maximum atomic E-state index is 9.05. The molecule has 0 aliphatic carbocycles. The minimum absolute atomic E-state index is 0.316. The fourth-order valence-corrected chi connectivity index (χ4v) is 1.95. The smallest absolute Gasteiger partial charge is 0.138 e. The highest BCUT2D eigenvalue weighted by molar-refractivity contribution is 6.30. The van der Waals surface area contributed by atoms with E-state index in [0.29, 0.717) is 40.0 Å². The van der Waals surface area contributed by atoms with Gasteiger partial charge in [0, 0.05) is 17.7 Å². The van der Waals surface area contributed by atoms with Crippen molar-refractivity contribution < 1.29 is 0 Å². The van der Waals surface area contributed by atoms with Gasteiger partial charge in [-0.15, -0.1) is 0 Å². The monoisotopic (exact) mass is 297 g/mol. The molecule has 0 spiro atoms. The highest BCUT2D eigenvalue weighted by Crippen LogP contribution is 2.24. The number of anilines is 2. The van der Waals surface area contributed by atoms with E-state index >= 15 is 0 Å². The minimum Gasteiger partial charge on any atom is -0.340 e. The van der Waals surface area contributed by atoms with E-state index in [0.717, 1.165) is 5.56 Å². The van der Waals surface area contributed by atoms with Crippen LogP contribution in [0.5, 0.6) is 0 Å². The molecule has 0 saturated carbocycles. The maximum Gasteiger partial charge on any atom is 0.138 e. The quantitative estimate of drug-likeness (QED) is 0.876. The predicted octanol–water partition coefficient (Wildman–Crippen LogP) is 3.49. The van der Waals surface area contributed by atoms with Gasteiger partial charge in [0.1, 0.15) is 28.9 Å². The van der Waals surface area contributed by atoms with Gasteiger partial charge in [-0.05, 0) is 25.1 Å². The van der Waals surface area contributed by atoms with Crippen LogP contribution >= 0.6 is 11.6 Å². The molecule has 1 aromatic carbocycles. The Kier molecular flexibility index (Phi) is 4.37. The average molecular weight is 298 g/mol. The molecule has 2 rings (SSSR count). The molecule has 0 fully saturated rings. The fourth-order valence-electron chi connectivity index (χ4n) is 1.76. The number of nitrogens with zero attached hydrogens (tertiary/aromatic N) is 4. The van der Waals surface area contributed by atoms with Crippen LogP contribution in [-0.2, 0) is 6.42 Å². The molecule has 21 heavy (non-hydrogen) atoms. The number of aromatic nitrogens is 2. The van der Waals surface area contributed by atoms with Crippen LogP contribution in [0.4, 0.5) is 11.5 Å². The molecule has 2 aromatic rings. The number of halogens is 1. The molecule has 0 amide bonds. The molecular formula is C15H12ClN5. The molecule has 0 bridgehead atoms. The fraction of sp³-hybridized carbons (Fsp3) is 0.200. The lowest BCUT2D eigenvalue weighted by Gasteiger charge is -2.11. The van der Waals surface area contributed by atoms with Gasteiger partial charge in [0.25, 0.3) is 0 Å². The average Bonchev–Trinajstić information content (AvgIpc) is 2.51. The van der Waals surface area contributed by atoms with Gasteiger partial charge < -0.3 is 5.32 Å². The SMILES string of the molecule is CCc1nc(Cl)c(C)c(Nc2ccc(C#N)c(C#N)c2)n1. The molecule has 1 aromatic heterocycles. The standard InChI is InChI=1S/C15H12ClN5/c1-3-13-20-14(16)9(2)15(21-13)19-12-5-4-10(7-17)11(6-12)8-18/h4-6H,3H2,1-2H3,(H,19,20,21). The first-order chi connectivity index (χ1) is 10.1. The summed E-state index contributed by atoms with van der Waals surface area (Å²) in [6.45, 7) is 3.76. The van der Waals surface area contributed by atoms with Crippen molar-refractivity contribution in [3.8, 4) is 12.1 Å². The highest BCUT2D eigenvalue weighted by atomic mass is 35.5. The van der Waals surface area contributed by atoms with Gasteiger partial charge in [0.15, 0.2) is 0 Å². The van der Waals surface area contributed by atoms with Crippen LogP contribution < -0.4 is 5.32 Å². The third-order valence-electron chi connectivity index (χ3n) is 2.97. The molecule has 5 nitrogen and oxygen atoms in total. The highest BCUT2D eigenvalue weighted by Gasteiger charge is 2.10. The predicted molar refractivity (Wildman–Crippen MR) is 80.3 cm³/mol. The Morgan fingerprint density at radius 2 is 1.90 bits per heavy atom. The number of rotatable bonds is 3. The Balaban J connectivity index is 2.42. The third kappa shape index (κ3) is 3.10. The maximum absolute atomic E-state index is 9.05. The topological polar surface area (TPSA) is 85.4 Å². The summed E-state index contributed by atoms with van der Waals surface area (Å²) in [5, 5.41) is 21.5. The third-order valence-corrected chi connectivity index (χ3v) is 3.34. The van der Waals surface area contributed by atoms with Gasteiger partial charge in [0.2, 0.25) is 0 Å². The summed E-state index contributed by atoms with van der Waals surface area (Å²) in [5.41, 5.74) is 2.06. The van der Waals surface area contributed by atoms with Crippen molar-refractivity contribution in [2.24, 2.45) is 0 Å². The first-order valence-corrected chi connectivity index (χ1v) is 6.71. The van der Waals surface area contributed by atoms with Crippen LogP contribution in [-0.4, -0.2) is 9.97 Å². The van der Waals surface area contributed by atoms with Crippen molar-refractivity contribution in [1.29, 1.82) is 10.5 Å². The second-order valence-corrected chi connectivity index (χ2v) is 4.72. The second kappa shape index (κ2) is 6.21. The van der Waals surface area contributed by atoms with Crippen LogP contribution in [0.2, 0.25) is 5.15 Å². The summed E-state index contributed by atoms with van der Waals surface area (Å²) in [6, 6.07) is 8.91. The van der Waals surface area contributed by atoms with Crippen molar-refractivity contribution in [3.05, 3.63) is 45.9 Å². The van der Waals surface area contributed by atoms with Crippen molar-refractivity contribution in [3.63, 3.8) is 0 Å². The van der Waals surface area contributed by atoms with Gasteiger partial charge >= 0.3 is 0 Å². The zero-order valence-corrected chi connectivity index (χ0v) is 12.4. The van der Waals surface area contributed by atoms with Gasteiger partial charge in [-0.25, -0.2) is 9.97 Å². The second-order valence-electron chi connectivity index (χ2n) is 4.37. The lowest BCUT2D eigenvalue weighted by molar-refractivity contribution is 0.934. The molecule has 0 aliphatic heterocycles. The number of hydrogen-bond acceptors (Lipinski definition) is 5. The number of nitriles is 2. The summed E-state index contributed by atoms with van der Waals surface area (Å²) < 4.78 is 0. The van der Waals surface area contributed by atoms with E-state index in [1.54, 1.807) is 18.2 Å². The Labute approximate surface area is 127 Å². The molecular weight excluding hydrogens is 286 g/mol. The zero-order chi connectivity index (χ0) is 15.4. The van der Waals surface area contributed by atoms with Crippen molar-refractivity contribution in [2.75, 3.05) is 5.32 Å². The Bertz CT molecular complexity index is 771.